The number of benzene rings is 1. The molecule has 0 aliphatic heterocycles. The standard InChI is InChI=1S/C15H23N3O3S/c16-22(20,21)14-9-7-13(8-10-14)18-15(19)11-17-12-5-3-1-2-4-6-12/h7-10,12,17H,1-6,11H2,(H,18,19)(H2,16,20,21). The van der Waals surface area contributed by atoms with Crippen LogP contribution < -0.4 is 15.8 Å². The van der Waals surface area contributed by atoms with Crippen LogP contribution in [0.1, 0.15) is 38.5 Å². The number of sulfonamides is 1. The zero-order chi connectivity index (χ0) is 16.0. The third kappa shape index (κ3) is 5.40. The highest BCUT2D eigenvalue weighted by Gasteiger charge is 2.13. The molecule has 22 heavy (non-hydrogen) atoms. The summed E-state index contributed by atoms with van der Waals surface area (Å²) >= 11 is 0. The van der Waals surface area contributed by atoms with Crippen LogP contribution in [0.2, 0.25) is 0 Å². The lowest BCUT2D eigenvalue weighted by Gasteiger charge is -2.15. The third-order valence-corrected chi connectivity index (χ3v) is 4.80. The maximum absolute atomic E-state index is 11.9. The second-order valence-electron chi connectivity index (χ2n) is 5.69. The summed E-state index contributed by atoms with van der Waals surface area (Å²) in [6, 6.07) is 6.23. The van der Waals surface area contributed by atoms with Gasteiger partial charge in [-0.05, 0) is 37.1 Å². The second kappa shape index (κ2) is 7.71. The van der Waals surface area contributed by atoms with Crippen molar-refractivity contribution in [3.63, 3.8) is 0 Å². The molecule has 6 nitrogen and oxygen atoms in total. The van der Waals surface area contributed by atoms with Gasteiger partial charge in [-0.15, -0.1) is 0 Å². The van der Waals surface area contributed by atoms with Crippen molar-refractivity contribution in [1.82, 2.24) is 5.32 Å². The predicted molar refractivity (Wildman–Crippen MR) is 85.9 cm³/mol. The van der Waals surface area contributed by atoms with E-state index >= 15 is 0 Å². The molecule has 1 saturated carbocycles. The van der Waals surface area contributed by atoms with Crippen LogP contribution in [0.25, 0.3) is 0 Å². The quantitative estimate of drug-likeness (QED) is 0.715. The van der Waals surface area contributed by atoms with Crippen LogP contribution in [0.3, 0.4) is 0 Å². The molecule has 4 N–H and O–H groups in total. The molecule has 122 valence electrons. The predicted octanol–water partition coefficient (Wildman–Crippen LogP) is 1.58. The van der Waals surface area contributed by atoms with Crippen molar-refractivity contribution in [3.05, 3.63) is 24.3 Å². The Balaban J connectivity index is 1.81. The summed E-state index contributed by atoms with van der Waals surface area (Å²) in [5.74, 6) is -0.132. The number of hydrogen-bond donors (Lipinski definition) is 3. The molecule has 0 atom stereocenters. The number of amides is 1. The van der Waals surface area contributed by atoms with Gasteiger partial charge in [0, 0.05) is 11.7 Å². The van der Waals surface area contributed by atoms with Crippen molar-refractivity contribution in [3.8, 4) is 0 Å². The van der Waals surface area contributed by atoms with E-state index in [9.17, 15) is 13.2 Å². The van der Waals surface area contributed by atoms with Gasteiger partial charge in [0.05, 0.1) is 11.4 Å². The van der Waals surface area contributed by atoms with E-state index in [-0.39, 0.29) is 17.3 Å². The Labute approximate surface area is 131 Å². The number of carbonyl (C=O) groups excluding carboxylic acids is 1. The van der Waals surface area contributed by atoms with Crippen molar-refractivity contribution in [2.45, 2.75) is 49.5 Å². The molecule has 0 heterocycles. The number of anilines is 1. The van der Waals surface area contributed by atoms with E-state index in [1.807, 2.05) is 0 Å². The minimum Gasteiger partial charge on any atom is -0.325 e. The van der Waals surface area contributed by atoms with E-state index in [2.05, 4.69) is 10.6 Å². The Hall–Kier alpha value is -1.44. The highest BCUT2D eigenvalue weighted by molar-refractivity contribution is 7.89. The summed E-state index contributed by atoms with van der Waals surface area (Å²) in [7, 11) is -3.70. The Morgan fingerprint density at radius 3 is 2.23 bits per heavy atom. The van der Waals surface area contributed by atoms with Gasteiger partial charge in [-0.2, -0.15) is 0 Å². The maximum atomic E-state index is 11.9. The first-order valence-corrected chi connectivity index (χ1v) is 9.16. The van der Waals surface area contributed by atoms with Crippen LogP contribution in [0.4, 0.5) is 5.69 Å². The van der Waals surface area contributed by atoms with E-state index in [0.29, 0.717) is 11.7 Å². The maximum Gasteiger partial charge on any atom is 0.238 e. The topological polar surface area (TPSA) is 101 Å². The largest absolute Gasteiger partial charge is 0.325 e. The molecule has 0 saturated heterocycles. The molecule has 0 spiro atoms. The Morgan fingerprint density at radius 2 is 1.68 bits per heavy atom. The zero-order valence-electron chi connectivity index (χ0n) is 12.5. The number of carbonyl (C=O) groups is 1. The van der Waals surface area contributed by atoms with Gasteiger partial charge in [0.1, 0.15) is 0 Å². The van der Waals surface area contributed by atoms with Gasteiger partial charge in [-0.25, -0.2) is 13.6 Å². The van der Waals surface area contributed by atoms with Gasteiger partial charge in [-0.1, -0.05) is 25.7 Å². The third-order valence-electron chi connectivity index (χ3n) is 3.87. The zero-order valence-corrected chi connectivity index (χ0v) is 13.4. The molecular weight excluding hydrogens is 302 g/mol. The highest BCUT2D eigenvalue weighted by Crippen LogP contribution is 2.17. The Morgan fingerprint density at radius 1 is 1.09 bits per heavy atom. The first-order chi connectivity index (χ1) is 10.4. The Kier molecular flexibility index (Phi) is 5.93. The van der Waals surface area contributed by atoms with Gasteiger partial charge in [0.2, 0.25) is 15.9 Å². The number of rotatable bonds is 5. The van der Waals surface area contributed by atoms with Crippen molar-refractivity contribution < 1.29 is 13.2 Å². The first-order valence-electron chi connectivity index (χ1n) is 7.61. The van der Waals surface area contributed by atoms with Crippen LogP contribution in [0.15, 0.2) is 29.2 Å². The number of hydrogen-bond acceptors (Lipinski definition) is 4. The summed E-state index contributed by atoms with van der Waals surface area (Å²) in [6.45, 7) is 0.265. The van der Waals surface area contributed by atoms with Gasteiger partial charge < -0.3 is 10.6 Å². The van der Waals surface area contributed by atoms with E-state index in [4.69, 9.17) is 5.14 Å². The van der Waals surface area contributed by atoms with Gasteiger partial charge in [0.25, 0.3) is 0 Å². The molecule has 0 radical (unpaired) electrons. The minimum atomic E-state index is -3.70. The monoisotopic (exact) mass is 325 g/mol. The number of nitrogens with one attached hydrogen (secondary N) is 2. The minimum absolute atomic E-state index is 0.0297. The second-order valence-corrected chi connectivity index (χ2v) is 7.25. The molecule has 1 aromatic carbocycles. The van der Waals surface area contributed by atoms with Gasteiger partial charge in [-0.3, -0.25) is 4.79 Å². The van der Waals surface area contributed by atoms with Crippen molar-refractivity contribution in [2.24, 2.45) is 5.14 Å². The fourth-order valence-electron chi connectivity index (χ4n) is 2.65. The smallest absolute Gasteiger partial charge is 0.238 e. The molecule has 1 fully saturated rings. The molecule has 7 heteroatoms. The van der Waals surface area contributed by atoms with Crippen molar-refractivity contribution in [2.75, 3.05) is 11.9 Å². The van der Waals surface area contributed by atoms with Gasteiger partial charge in [0.15, 0.2) is 0 Å². The molecule has 1 amide bonds. The van der Waals surface area contributed by atoms with Crippen LogP contribution in [0, 0.1) is 0 Å². The Bertz CT molecular complexity index is 591. The lowest BCUT2D eigenvalue weighted by atomic mass is 10.1. The molecule has 0 aromatic heterocycles. The lowest BCUT2D eigenvalue weighted by Crippen LogP contribution is -2.35. The summed E-state index contributed by atoms with van der Waals surface area (Å²) in [4.78, 5) is 11.9. The van der Waals surface area contributed by atoms with Crippen LogP contribution in [0.5, 0.6) is 0 Å². The highest BCUT2D eigenvalue weighted by atomic mass is 32.2. The molecule has 0 unspecified atom stereocenters. The summed E-state index contributed by atoms with van der Waals surface area (Å²) < 4.78 is 22.3. The van der Waals surface area contributed by atoms with E-state index in [1.165, 1.54) is 49.9 Å². The lowest BCUT2D eigenvalue weighted by molar-refractivity contribution is -0.115. The fraction of sp³-hybridized carbons (Fsp3) is 0.533. The van der Waals surface area contributed by atoms with Crippen LogP contribution in [-0.4, -0.2) is 26.9 Å². The molecule has 0 bridgehead atoms. The van der Waals surface area contributed by atoms with E-state index < -0.39 is 10.0 Å². The molecular formula is C15H23N3O3S. The normalized spacial score (nSPS) is 17.0. The summed E-state index contributed by atoms with van der Waals surface area (Å²) in [5.41, 5.74) is 0.556. The number of nitrogens with two attached hydrogens (primary N) is 1. The van der Waals surface area contributed by atoms with Gasteiger partial charge >= 0.3 is 0 Å². The average molecular weight is 325 g/mol. The summed E-state index contributed by atoms with van der Waals surface area (Å²) in [6.07, 6.45) is 7.23. The number of primary sulfonamides is 1. The van der Waals surface area contributed by atoms with Crippen molar-refractivity contribution in [1.29, 1.82) is 0 Å². The van der Waals surface area contributed by atoms with Crippen LogP contribution >= 0.6 is 0 Å². The molecule has 2 rings (SSSR count). The average Bonchev–Trinajstić information content (AvgIpc) is 2.73. The molecule has 1 aliphatic rings. The first kappa shape index (κ1) is 16.9. The SMILES string of the molecule is NS(=O)(=O)c1ccc(NC(=O)CNC2CCCCCC2)cc1. The molecule has 1 aromatic rings. The van der Waals surface area contributed by atoms with Crippen LogP contribution in [-0.2, 0) is 14.8 Å². The van der Waals surface area contributed by atoms with E-state index in [1.54, 1.807) is 0 Å². The summed E-state index contributed by atoms with van der Waals surface area (Å²) in [5, 5.41) is 11.1. The molecule has 1 aliphatic carbocycles. The fourth-order valence-corrected chi connectivity index (χ4v) is 3.17. The van der Waals surface area contributed by atoms with E-state index in [0.717, 1.165) is 12.8 Å². The van der Waals surface area contributed by atoms with Crippen molar-refractivity contribution >= 4 is 21.6 Å².